The Balaban J connectivity index is 0.00000361. The molecule has 0 fully saturated rings. The number of carbonyl (C=O) groups excluding carboxylic acids is 1. The molecule has 3 N–H and O–H groups in total. The highest BCUT2D eigenvalue weighted by Gasteiger charge is 2.16. The summed E-state index contributed by atoms with van der Waals surface area (Å²) in [6.45, 7) is 9.10. The lowest BCUT2D eigenvalue weighted by atomic mass is 9.87. The summed E-state index contributed by atoms with van der Waals surface area (Å²) in [6.07, 6.45) is -0.521. The molecule has 0 spiro atoms. The molecule has 0 saturated heterocycles. The van der Waals surface area contributed by atoms with E-state index >= 15 is 0 Å². The molecule has 114 valence electrons. The van der Waals surface area contributed by atoms with Crippen LogP contribution in [0.25, 0.3) is 0 Å². The van der Waals surface area contributed by atoms with E-state index in [2.05, 4.69) is 26.1 Å². The van der Waals surface area contributed by atoms with Crippen LogP contribution in [0.4, 0.5) is 0 Å². The summed E-state index contributed by atoms with van der Waals surface area (Å²) in [6, 6.07) is 7.85. The van der Waals surface area contributed by atoms with Gasteiger partial charge in [0.15, 0.2) is 6.10 Å². The highest BCUT2D eigenvalue weighted by Crippen LogP contribution is 2.24. The van der Waals surface area contributed by atoms with Crippen LogP contribution in [0.3, 0.4) is 0 Å². The molecule has 0 saturated carbocycles. The van der Waals surface area contributed by atoms with Gasteiger partial charge in [0, 0.05) is 13.1 Å². The number of nitrogens with one attached hydrogen (secondary N) is 1. The van der Waals surface area contributed by atoms with Crippen molar-refractivity contribution >= 4 is 18.3 Å². The van der Waals surface area contributed by atoms with Crippen molar-refractivity contribution in [3.63, 3.8) is 0 Å². The molecular formula is C15H25ClN2O2. The van der Waals surface area contributed by atoms with Crippen LogP contribution in [-0.2, 0) is 10.2 Å². The van der Waals surface area contributed by atoms with E-state index in [9.17, 15) is 4.79 Å². The maximum atomic E-state index is 11.6. The lowest BCUT2D eigenvalue weighted by Gasteiger charge is -2.20. The van der Waals surface area contributed by atoms with Crippen molar-refractivity contribution in [2.24, 2.45) is 5.73 Å². The summed E-state index contributed by atoms with van der Waals surface area (Å²) >= 11 is 0. The fourth-order valence-corrected chi connectivity index (χ4v) is 1.63. The number of halogens is 1. The van der Waals surface area contributed by atoms with Crippen LogP contribution >= 0.6 is 12.4 Å². The van der Waals surface area contributed by atoms with Crippen molar-refractivity contribution < 1.29 is 9.53 Å². The summed E-state index contributed by atoms with van der Waals surface area (Å²) in [4.78, 5) is 11.6. The van der Waals surface area contributed by atoms with Gasteiger partial charge in [-0.25, -0.2) is 0 Å². The summed E-state index contributed by atoms with van der Waals surface area (Å²) < 4.78 is 5.59. The highest BCUT2D eigenvalue weighted by molar-refractivity contribution is 5.85. The number of amides is 1. The highest BCUT2D eigenvalue weighted by atomic mass is 35.5. The van der Waals surface area contributed by atoms with E-state index < -0.39 is 6.10 Å². The quantitative estimate of drug-likeness (QED) is 0.876. The monoisotopic (exact) mass is 300 g/mol. The van der Waals surface area contributed by atoms with Crippen LogP contribution in [0.15, 0.2) is 24.3 Å². The van der Waals surface area contributed by atoms with Gasteiger partial charge in [-0.15, -0.1) is 12.4 Å². The molecule has 1 atom stereocenters. The lowest BCUT2D eigenvalue weighted by Crippen LogP contribution is -2.38. The predicted octanol–water partition coefficient (Wildman–Crippen LogP) is 2.25. The second-order valence-electron chi connectivity index (χ2n) is 5.61. The third-order valence-electron chi connectivity index (χ3n) is 2.85. The zero-order valence-corrected chi connectivity index (χ0v) is 13.4. The predicted molar refractivity (Wildman–Crippen MR) is 84.5 cm³/mol. The summed E-state index contributed by atoms with van der Waals surface area (Å²) in [5, 5.41) is 2.70. The Morgan fingerprint density at radius 3 is 2.30 bits per heavy atom. The van der Waals surface area contributed by atoms with Crippen LogP contribution < -0.4 is 15.8 Å². The maximum absolute atomic E-state index is 11.6. The van der Waals surface area contributed by atoms with Gasteiger partial charge in [-0.2, -0.15) is 0 Å². The number of rotatable bonds is 5. The number of ether oxygens (including phenoxy) is 1. The molecule has 0 heterocycles. The molecule has 5 heteroatoms. The maximum Gasteiger partial charge on any atom is 0.260 e. The second-order valence-corrected chi connectivity index (χ2v) is 5.61. The normalized spacial score (nSPS) is 12.2. The van der Waals surface area contributed by atoms with Gasteiger partial charge in [-0.05, 0) is 30.0 Å². The minimum absolute atomic E-state index is 0. The zero-order chi connectivity index (χ0) is 14.5. The largest absolute Gasteiger partial charge is 0.481 e. The molecule has 1 unspecified atom stereocenters. The van der Waals surface area contributed by atoms with Gasteiger partial charge >= 0.3 is 0 Å². The Morgan fingerprint density at radius 1 is 1.30 bits per heavy atom. The standard InChI is InChI=1S/C15H24N2O2.ClH/c1-11(14(18)17-10-9-16)19-13-7-5-12(6-8-13)15(2,3)4;/h5-8,11H,9-10,16H2,1-4H3,(H,17,18);1H. The number of hydrogen-bond acceptors (Lipinski definition) is 3. The van der Waals surface area contributed by atoms with Gasteiger partial charge in [-0.3, -0.25) is 4.79 Å². The Morgan fingerprint density at radius 2 is 1.85 bits per heavy atom. The first kappa shape index (κ1) is 18.7. The van der Waals surface area contributed by atoms with Gasteiger partial charge in [0.1, 0.15) is 5.75 Å². The third kappa shape index (κ3) is 5.80. The SMILES string of the molecule is CC(Oc1ccc(C(C)(C)C)cc1)C(=O)NCCN.Cl. The summed E-state index contributed by atoms with van der Waals surface area (Å²) in [5.74, 6) is 0.550. The molecule has 0 radical (unpaired) electrons. The topological polar surface area (TPSA) is 64.3 Å². The molecule has 20 heavy (non-hydrogen) atoms. The Hall–Kier alpha value is -1.26. The molecule has 0 bridgehead atoms. The number of nitrogens with two attached hydrogens (primary N) is 1. The van der Waals surface area contributed by atoms with Gasteiger partial charge < -0.3 is 15.8 Å². The van der Waals surface area contributed by atoms with Crippen molar-refractivity contribution in [1.82, 2.24) is 5.32 Å². The molecule has 0 aromatic heterocycles. The van der Waals surface area contributed by atoms with Crippen LogP contribution in [0, 0.1) is 0 Å². The van der Waals surface area contributed by atoms with Gasteiger partial charge in [-0.1, -0.05) is 32.9 Å². The minimum atomic E-state index is -0.521. The number of carbonyl (C=O) groups is 1. The van der Waals surface area contributed by atoms with E-state index in [0.29, 0.717) is 18.8 Å². The Kier molecular flexibility index (Phi) is 7.61. The van der Waals surface area contributed by atoms with Crippen molar-refractivity contribution in [2.75, 3.05) is 13.1 Å². The van der Waals surface area contributed by atoms with Crippen LogP contribution in [-0.4, -0.2) is 25.1 Å². The van der Waals surface area contributed by atoms with E-state index in [0.717, 1.165) is 0 Å². The van der Waals surface area contributed by atoms with Crippen LogP contribution in [0.5, 0.6) is 5.75 Å². The zero-order valence-electron chi connectivity index (χ0n) is 12.6. The van der Waals surface area contributed by atoms with Crippen molar-refractivity contribution in [3.8, 4) is 5.75 Å². The first-order chi connectivity index (χ1) is 8.84. The first-order valence-corrected chi connectivity index (χ1v) is 6.59. The first-order valence-electron chi connectivity index (χ1n) is 6.59. The average molecular weight is 301 g/mol. The second kappa shape index (κ2) is 8.12. The molecule has 1 amide bonds. The van der Waals surface area contributed by atoms with Gasteiger partial charge in [0.25, 0.3) is 5.91 Å². The van der Waals surface area contributed by atoms with E-state index in [1.54, 1.807) is 6.92 Å². The van der Waals surface area contributed by atoms with E-state index in [1.165, 1.54) is 5.56 Å². The molecule has 0 aliphatic heterocycles. The lowest BCUT2D eigenvalue weighted by molar-refractivity contribution is -0.127. The summed E-state index contributed by atoms with van der Waals surface area (Å²) in [5.41, 5.74) is 6.68. The Labute approximate surface area is 127 Å². The molecule has 1 rings (SSSR count). The average Bonchev–Trinajstić information content (AvgIpc) is 2.35. The van der Waals surface area contributed by atoms with Gasteiger partial charge in [0.2, 0.25) is 0 Å². The molecule has 1 aromatic carbocycles. The van der Waals surface area contributed by atoms with Crippen molar-refractivity contribution in [1.29, 1.82) is 0 Å². The molecule has 1 aromatic rings. The molecular weight excluding hydrogens is 276 g/mol. The van der Waals surface area contributed by atoms with Crippen molar-refractivity contribution in [3.05, 3.63) is 29.8 Å². The van der Waals surface area contributed by atoms with Crippen molar-refractivity contribution in [2.45, 2.75) is 39.2 Å². The van der Waals surface area contributed by atoms with E-state index in [4.69, 9.17) is 10.5 Å². The van der Waals surface area contributed by atoms with E-state index in [1.807, 2.05) is 24.3 Å². The minimum Gasteiger partial charge on any atom is -0.481 e. The summed E-state index contributed by atoms with van der Waals surface area (Å²) in [7, 11) is 0. The van der Waals surface area contributed by atoms with Crippen LogP contribution in [0.1, 0.15) is 33.3 Å². The molecule has 0 aliphatic rings. The smallest absolute Gasteiger partial charge is 0.260 e. The fourth-order valence-electron chi connectivity index (χ4n) is 1.63. The number of hydrogen-bond donors (Lipinski definition) is 2. The number of benzene rings is 1. The fraction of sp³-hybridized carbons (Fsp3) is 0.533. The Bertz CT molecular complexity index is 413. The molecule has 0 aliphatic carbocycles. The van der Waals surface area contributed by atoms with Crippen LogP contribution in [0.2, 0.25) is 0 Å². The van der Waals surface area contributed by atoms with E-state index in [-0.39, 0.29) is 23.7 Å². The third-order valence-corrected chi connectivity index (χ3v) is 2.85. The van der Waals surface area contributed by atoms with Gasteiger partial charge in [0.05, 0.1) is 0 Å². The molecule has 4 nitrogen and oxygen atoms in total.